The monoisotopic (exact) mass is 376 g/mol. The Hall–Kier alpha value is -2.15. The molecular formula is C19H24N2O4S. The summed E-state index contributed by atoms with van der Waals surface area (Å²) in [4.78, 5) is 14.4. The van der Waals surface area contributed by atoms with Gasteiger partial charge in [-0.25, -0.2) is 0 Å². The van der Waals surface area contributed by atoms with Crippen LogP contribution in [0.15, 0.2) is 28.8 Å². The first kappa shape index (κ1) is 18.6. The zero-order valence-corrected chi connectivity index (χ0v) is 16.2. The lowest BCUT2D eigenvalue weighted by atomic mass is 10.2. The van der Waals surface area contributed by atoms with Gasteiger partial charge in [0.15, 0.2) is 17.6 Å². The Morgan fingerprint density at radius 1 is 1.31 bits per heavy atom. The topological polar surface area (TPSA) is 64.8 Å². The summed E-state index contributed by atoms with van der Waals surface area (Å²) in [6.45, 7) is 7.42. The summed E-state index contributed by atoms with van der Waals surface area (Å²) in [7, 11) is 0. The van der Waals surface area contributed by atoms with Crippen LogP contribution >= 0.6 is 11.8 Å². The molecule has 0 N–H and O–H groups in total. The van der Waals surface area contributed by atoms with Gasteiger partial charge in [-0.2, -0.15) is 0 Å². The van der Waals surface area contributed by atoms with Gasteiger partial charge in [0.25, 0.3) is 0 Å². The minimum atomic E-state index is -0.152. The molecule has 26 heavy (non-hydrogen) atoms. The van der Waals surface area contributed by atoms with E-state index >= 15 is 0 Å². The van der Waals surface area contributed by atoms with E-state index in [1.807, 2.05) is 49.9 Å². The van der Waals surface area contributed by atoms with Crippen molar-refractivity contribution in [2.24, 2.45) is 0 Å². The first-order chi connectivity index (χ1) is 12.6. The van der Waals surface area contributed by atoms with E-state index in [4.69, 9.17) is 14.0 Å². The number of aryl methyl sites for hydroxylation is 2. The van der Waals surface area contributed by atoms with Crippen LogP contribution in [0.3, 0.4) is 0 Å². The van der Waals surface area contributed by atoms with Crippen molar-refractivity contribution in [3.63, 3.8) is 0 Å². The maximum atomic E-state index is 12.6. The number of benzene rings is 1. The lowest BCUT2D eigenvalue weighted by Gasteiger charge is -2.30. The Kier molecular flexibility index (Phi) is 6.08. The van der Waals surface area contributed by atoms with Crippen molar-refractivity contribution in [1.29, 1.82) is 0 Å². The van der Waals surface area contributed by atoms with Gasteiger partial charge in [-0.1, -0.05) is 17.3 Å². The molecule has 0 saturated heterocycles. The molecule has 2 heterocycles. The average Bonchev–Trinajstić information content (AvgIpc) is 2.97. The van der Waals surface area contributed by atoms with Crippen molar-refractivity contribution in [2.75, 3.05) is 25.4 Å². The summed E-state index contributed by atoms with van der Waals surface area (Å²) in [6, 6.07) is 7.61. The minimum Gasteiger partial charge on any atom is -0.486 e. The quantitative estimate of drug-likeness (QED) is 0.739. The highest BCUT2D eigenvalue weighted by Gasteiger charge is 2.24. The molecule has 0 radical (unpaired) electrons. The zero-order valence-electron chi connectivity index (χ0n) is 15.4. The van der Waals surface area contributed by atoms with Crippen LogP contribution in [0.25, 0.3) is 0 Å². The highest BCUT2D eigenvalue weighted by molar-refractivity contribution is 7.99. The fourth-order valence-electron chi connectivity index (χ4n) is 2.85. The van der Waals surface area contributed by atoms with Crippen LogP contribution < -0.4 is 9.47 Å². The van der Waals surface area contributed by atoms with Gasteiger partial charge in [0.2, 0.25) is 5.91 Å². The lowest BCUT2D eigenvalue weighted by molar-refractivity contribution is -0.129. The van der Waals surface area contributed by atoms with Crippen molar-refractivity contribution < 1.29 is 18.8 Å². The lowest BCUT2D eigenvalue weighted by Crippen LogP contribution is -2.44. The molecule has 0 bridgehead atoms. The number of carbonyl (C=O) groups is 1. The van der Waals surface area contributed by atoms with Crippen LogP contribution in [0.2, 0.25) is 0 Å². The van der Waals surface area contributed by atoms with Gasteiger partial charge < -0.3 is 18.9 Å². The van der Waals surface area contributed by atoms with Crippen molar-refractivity contribution in [3.05, 3.63) is 41.3 Å². The molecule has 1 atom stereocenters. The van der Waals surface area contributed by atoms with Crippen LogP contribution in [0.4, 0.5) is 0 Å². The fraction of sp³-hybridized carbons (Fsp3) is 0.474. The van der Waals surface area contributed by atoms with Gasteiger partial charge in [-0.15, -0.1) is 11.8 Å². The number of amides is 1. The average molecular weight is 376 g/mol. The number of rotatable bonds is 7. The summed E-state index contributed by atoms with van der Waals surface area (Å²) in [6.07, 6.45) is -0.152. The van der Waals surface area contributed by atoms with Crippen LogP contribution in [-0.4, -0.2) is 47.5 Å². The van der Waals surface area contributed by atoms with E-state index in [2.05, 4.69) is 5.16 Å². The van der Waals surface area contributed by atoms with Gasteiger partial charge >= 0.3 is 0 Å². The summed E-state index contributed by atoms with van der Waals surface area (Å²) in [5.41, 5.74) is 1.97. The first-order valence-electron chi connectivity index (χ1n) is 8.74. The third-order valence-corrected chi connectivity index (χ3v) is 5.32. The van der Waals surface area contributed by atoms with Gasteiger partial charge in [0.1, 0.15) is 12.4 Å². The Balaban J connectivity index is 1.50. The molecule has 0 fully saturated rings. The van der Waals surface area contributed by atoms with Crippen LogP contribution in [-0.2, 0) is 10.5 Å². The van der Waals surface area contributed by atoms with E-state index in [-0.39, 0.29) is 12.0 Å². The number of hydrogen-bond donors (Lipinski definition) is 0. The molecule has 1 aromatic carbocycles. The Bertz CT molecular complexity index is 742. The third-order valence-electron chi connectivity index (χ3n) is 4.38. The molecule has 1 aliphatic heterocycles. The maximum absolute atomic E-state index is 12.6. The van der Waals surface area contributed by atoms with Gasteiger partial charge in [0, 0.05) is 17.9 Å². The molecule has 1 amide bonds. The third kappa shape index (κ3) is 4.33. The molecule has 140 valence electrons. The second kappa shape index (κ2) is 8.49. The number of ether oxygens (including phenoxy) is 2. The highest BCUT2D eigenvalue weighted by Crippen LogP contribution is 2.31. The van der Waals surface area contributed by atoms with Gasteiger partial charge in [-0.3, -0.25) is 4.79 Å². The molecule has 1 unspecified atom stereocenters. The Morgan fingerprint density at radius 2 is 2.08 bits per heavy atom. The highest BCUT2D eigenvalue weighted by atomic mass is 32.2. The summed E-state index contributed by atoms with van der Waals surface area (Å²) < 4.78 is 16.9. The number of carbonyl (C=O) groups excluding carboxylic acids is 1. The molecule has 0 spiro atoms. The number of fused-ring (bicyclic) bond motifs is 1. The molecule has 3 rings (SSSR count). The van der Waals surface area contributed by atoms with Crippen molar-refractivity contribution in [1.82, 2.24) is 10.1 Å². The van der Waals surface area contributed by atoms with E-state index in [1.54, 1.807) is 11.8 Å². The molecule has 1 aromatic heterocycles. The molecule has 0 aliphatic carbocycles. The molecular weight excluding hydrogens is 352 g/mol. The fourth-order valence-corrected chi connectivity index (χ4v) is 3.92. The van der Waals surface area contributed by atoms with E-state index in [0.29, 0.717) is 25.4 Å². The van der Waals surface area contributed by atoms with Gasteiger partial charge in [-0.05, 0) is 32.9 Å². The minimum absolute atomic E-state index is 0.103. The van der Waals surface area contributed by atoms with Crippen LogP contribution in [0.5, 0.6) is 11.5 Å². The van der Waals surface area contributed by atoms with Crippen LogP contribution in [0.1, 0.15) is 23.9 Å². The normalized spacial score (nSPS) is 15.7. The summed E-state index contributed by atoms with van der Waals surface area (Å²) in [5.74, 6) is 3.56. The summed E-state index contributed by atoms with van der Waals surface area (Å²) >= 11 is 1.58. The van der Waals surface area contributed by atoms with Crippen molar-refractivity contribution in [2.45, 2.75) is 32.6 Å². The molecule has 7 heteroatoms. The Labute approximate surface area is 157 Å². The molecule has 6 nitrogen and oxygen atoms in total. The predicted molar refractivity (Wildman–Crippen MR) is 101 cm³/mol. The summed E-state index contributed by atoms with van der Waals surface area (Å²) in [5, 5.41) is 3.95. The molecule has 1 aliphatic rings. The van der Waals surface area contributed by atoms with E-state index in [0.717, 1.165) is 34.3 Å². The van der Waals surface area contributed by atoms with Gasteiger partial charge in [0.05, 0.1) is 18.0 Å². The number of aromatic nitrogens is 1. The molecule has 0 saturated carbocycles. The second-order valence-electron chi connectivity index (χ2n) is 6.23. The SMILES string of the molecule is CCN(CC1COc2ccccc2O1)C(=O)CSCc1c(C)noc1C. The van der Waals surface area contributed by atoms with Crippen molar-refractivity contribution in [3.8, 4) is 11.5 Å². The maximum Gasteiger partial charge on any atom is 0.232 e. The number of nitrogens with zero attached hydrogens (tertiary/aromatic N) is 2. The predicted octanol–water partition coefficient (Wildman–Crippen LogP) is 3.21. The number of likely N-dealkylation sites (N-methyl/N-ethyl adjacent to an activating group) is 1. The van der Waals surface area contributed by atoms with Crippen molar-refractivity contribution >= 4 is 17.7 Å². The largest absolute Gasteiger partial charge is 0.486 e. The molecule has 2 aromatic rings. The number of thioether (sulfide) groups is 1. The first-order valence-corrected chi connectivity index (χ1v) is 9.89. The van der Waals surface area contributed by atoms with E-state index in [1.165, 1.54) is 0 Å². The van der Waals surface area contributed by atoms with E-state index in [9.17, 15) is 4.79 Å². The Morgan fingerprint density at radius 3 is 2.77 bits per heavy atom. The standard InChI is InChI=1S/C19H24N2O4S/c1-4-21(9-15-10-23-17-7-5-6-8-18(17)24-15)19(22)12-26-11-16-13(2)20-25-14(16)3/h5-8,15H,4,9-12H2,1-3H3. The number of para-hydroxylation sites is 2. The second-order valence-corrected chi connectivity index (χ2v) is 7.21. The smallest absolute Gasteiger partial charge is 0.232 e. The number of hydrogen-bond acceptors (Lipinski definition) is 6. The van der Waals surface area contributed by atoms with E-state index < -0.39 is 0 Å². The van der Waals surface area contributed by atoms with Crippen LogP contribution in [0, 0.1) is 13.8 Å². The zero-order chi connectivity index (χ0) is 18.5.